The summed E-state index contributed by atoms with van der Waals surface area (Å²) in [5.41, 5.74) is 0. The summed E-state index contributed by atoms with van der Waals surface area (Å²) in [5, 5.41) is 10.6. The van der Waals surface area contributed by atoms with Crippen molar-refractivity contribution in [2.24, 2.45) is 23.7 Å². The summed E-state index contributed by atoms with van der Waals surface area (Å²) in [6, 6.07) is 0. The molecule has 576 valence electrons. The Labute approximate surface area is 594 Å². The van der Waals surface area contributed by atoms with Crippen LogP contribution in [0.3, 0.4) is 0 Å². The lowest BCUT2D eigenvalue weighted by molar-refractivity contribution is -0.161. The Balaban J connectivity index is 5.23. The molecule has 0 aliphatic carbocycles. The monoisotopic (exact) mass is 1420 g/mol. The third-order valence-electron chi connectivity index (χ3n) is 18.8. The maximum atomic E-state index is 13.1. The molecule has 7 atom stereocenters. The van der Waals surface area contributed by atoms with Crippen LogP contribution in [0.5, 0.6) is 0 Å². The van der Waals surface area contributed by atoms with Crippen LogP contribution >= 0.6 is 15.6 Å². The van der Waals surface area contributed by atoms with E-state index in [0.29, 0.717) is 31.6 Å². The summed E-state index contributed by atoms with van der Waals surface area (Å²) < 4.78 is 68.6. The zero-order valence-electron chi connectivity index (χ0n) is 63.7. The number of ether oxygens (including phenoxy) is 4. The van der Waals surface area contributed by atoms with Gasteiger partial charge in [0.25, 0.3) is 0 Å². The largest absolute Gasteiger partial charge is 0.472 e. The first-order valence-corrected chi connectivity index (χ1v) is 43.3. The highest BCUT2D eigenvalue weighted by Gasteiger charge is 2.30. The summed E-state index contributed by atoms with van der Waals surface area (Å²) >= 11 is 0. The maximum absolute atomic E-state index is 13.1. The minimum absolute atomic E-state index is 0.106. The smallest absolute Gasteiger partial charge is 0.462 e. The minimum Gasteiger partial charge on any atom is -0.462 e. The number of hydrogen-bond acceptors (Lipinski definition) is 15. The van der Waals surface area contributed by atoms with Gasteiger partial charge >= 0.3 is 39.5 Å². The van der Waals surface area contributed by atoms with Crippen LogP contribution in [0.4, 0.5) is 0 Å². The van der Waals surface area contributed by atoms with E-state index in [1.807, 2.05) is 0 Å². The van der Waals surface area contributed by atoms with E-state index < -0.39 is 97.5 Å². The molecular weight excluding hydrogens is 1270 g/mol. The molecule has 0 aliphatic heterocycles. The molecule has 19 heteroatoms. The molecule has 0 radical (unpaired) electrons. The van der Waals surface area contributed by atoms with Crippen molar-refractivity contribution < 1.29 is 80.2 Å². The molecule has 0 saturated heterocycles. The van der Waals surface area contributed by atoms with Crippen molar-refractivity contribution in [1.29, 1.82) is 0 Å². The molecule has 3 N–H and O–H groups in total. The summed E-state index contributed by atoms with van der Waals surface area (Å²) in [4.78, 5) is 72.9. The molecular formula is C78H152O17P2. The van der Waals surface area contributed by atoms with Crippen LogP contribution in [0.2, 0.25) is 0 Å². The molecule has 0 amide bonds. The average molecular weight is 1420 g/mol. The second-order valence-electron chi connectivity index (χ2n) is 29.5. The maximum Gasteiger partial charge on any atom is 0.472 e. The molecule has 0 heterocycles. The Hall–Kier alpha value is -1.94. The quantitative estimate of drug-likeness (QED) is 0.0222. The third-order valence-corrected chi connectivity index (χ3v) is 20.7. The molecule has 0 rings (SSSR count). The molecule has 0 aliphatic rings. The first kappa shape index (κ1) is 95.1. The Kier molecular flexibility index (Phi) is 65.9. The molecule has 4 unspecified atom stereocenters. The van der Waals surface area contributed by atoms with Gasteiger partial charge in [-0.05, 0) is 49.4 Å². The number of carbonyl (C=O) groups is 4. The van der Waals surface area contributed by atoms with E-state index in [2.05, 4.69) is 55.4 Å². The number of rotatable bonds is 75. The summed E-state index contributed by atoms with van der Waals surface area (Å²) in [5.74, 6) is 1.00. The first-order chi connectivity index (χ1) is 46.7. The first-order valence-electron chi connectivity index (χ1n) is 40.3. The number of esters is 4. The number of aliphatic hydroxyl groups is 1. The van der Waals surface area contributed by atoms with Gasteiger partial charge in [-0.25, -0.2) is 9.13 Å². The third kappa shape index (κ3) is 69.5. The van der Waals surface area contributed by atoms with Gasteiger partial charge in [-0.2, -0.15) is 0 Å². The summed E-state index contributed by atoms with van der Waals surface area (Å²) in [7, 11) is -9.92. The zero-order valence-corrected chi connectivity index (χ0v) is 65.5. The van der Waals surface area contributed by atoms with Crippen LogP contribution in [0, 0.1) is 23.7 Å². The van der Waals surface area contributed by atoms with E-state index in [0.717, 1.165) is 114 Å². The van der Waals surface area contributed by atoms with Crippen molar-refractivity contribution in [3.8, 4) is 0 Å². The fourth-order valence-corrected chi connectivity index (χ4v) is 13.4. The molecule has 0 bridgehead atoms. The molecule has 0 spiro atoms. The Morgan fingerprint density at radius 3 is 0.732 bits per heavy atom. The van der Waals surface area contributed by atoms with Crippen molar-refractivity contribution >= 4 is 39.5 Å². The number of phosphoric ester groups is 2. The molecule has 0 saturated carbocycles. The lowest BCUT2D eigenvalue weighted by Gasteiger charge is -2.21. The lowest BCUT2D eigenvalue weighted by Crippen LogP contribution is -2.30. The zero-order chi connectivity index (χ0) is 71.7. The Morgan fingerprint density at radius 2 is 0.495 bits per heavy atom. The van der Waals surface area contributed by atoms with Crippen molar-refractivity contribution in [1.82, 2.24) is 0 Å². The van der Waals surface area contributed by atoms with Crippen LogP contribution in [-0.2, 0) is 65.4 Å². The number of unbranched alkanes of at least 4 members (excludes halogenated alkanes) is 39. The predicted molar refractivity (Wildman–Crippen MR) is 395 cm³/mol. The number of aliphatic hydroxyl groups excluding tert-OH is 1. The van der Waals surface area contributed by atoms with Crippen molar-refractivity contribution in [2.75, 3.05) is 39.6 Å². The highest BCUT2D eigenvalue weighted by Crippen LogP contribution is 2.45. The van der Waals surface area contributed by atoms with Crippen LogP contribution in [0.25, 0.3) is 0 Å². The highest BCUT2D eigenvalue weighted by atomic mass is 31.2. The van der Waals surface area contributed by atoms with Gasteiger partial charge in [0.2, 0.25) is 0 Å². The molecule has 97 heavy (non-hydrogen) atoms. The topological polar surface area (TPSA) is 237 Å². The van der Waals surface area contributed by atoms with Gasteiger partial charge in [-0.1, -0.05) is 344 Å². The van der Waals surface area contributed by atoms with Gasteiger partial charge in [0.05, 0.1) is 26.4 Å². The van der Waals surface area contributed by atoms with Crippen LogP contribution in [0.1, 0.15) is 396 Å². The van der Waals surface area contributed by atoms with E-state index >= 15 is 0 Å². The lowest BCUT2D eigenvalue weighted by atomic mass is 9.99. The fourth-order valence-electron chi connectivity index (χ4n) is 11.8. The minimum atomic E-state index is -4.96. The number of hydrogen-bond donors (Lipinski definition) is 3. The Bertz CT molecular complexity index is 1910. The van der Waals surface area contributed by atoms with Crippen molar-refractivity contribution in [3.63, 3.8) is 0 Å². The SMILES string of the molecule is CCC(C)CCCCCCCCCCCCCCCCC(=O)O[C@H](COC(=O)CCCCCCCCC(C)C)COP(=O)(O)OC[C@H](O)COP(=O)(O)OC[C@@H](COC(=O)CCCCCCCCCCCCC(C)CC)OC(=O)CCCCCCCCCCCCCCCC(C)C. The van der Waals surface area contributed by atoms with Crippen LogP contribution in [-0.4, -0.2) is 96.7 Å². The predicted octanol–water partition coefficient (Wildman–Crippen LogP) is 22.8. The van der Waals surface area contributed by atoms with Gasteiger partial charge in [0.1, 0.15) is 19.3 Å². The second-order valence-corrected chi connectivity index (χ2v) is 32.4. The van der Waals surface area contributed by atoms with Gasteiger partial charge < -0.3 is 33.8 Å². The van der Waals surface area contributed by atoms with E-state index in [1.54, 1.807) is 0 Å². The van der Waals surface area contributed by atoms with E-state index in [1.165, 1.54) is 193 Å². The van der Waals surface area contributed by atoms with E-state index in [9.17, 15) is 43.2 Å². The van der Waals surface area contributed by atoms with Gasteiger partial charge in [0.15, 0.2) is 12.2 Å². The fraction of sp³-hybridized carbons (Fsp3) is 0.949. The van der Waals surface area contributed by atoms with Crippen LogP contribution in [0.15, 0.2) is 0 Å². The van der Waals surface area contributed by atoms with Crippen molar-refractivity contribution in [2.45, 2.75) is 414 Å². The molecule has 0 aromatic heterocycles. The van der Waals surface area contributed by atoms with Gasteiger partial charge in [-0.3, -0.25) is 37.3 Å². The highest BCUT2D eigenvalue weighted by molar-refractivity contribution is 7.47. The van der Waals surface area contributed by atoms with Gasteiger partial charge in [0, 0.05) is 25.7 Å². The average Bonchev–Trinajstić information content (AvgIpc) is 1.43. The van der Waals surface area contributed by atoms with E-state index in [4.69, 9.17) is 37.0 Å². The molecule has 0 aromatic rings. The number of phosphoric acid groups is 2. The molecule has 17 nitrogen and oxygen atoms in total. The second kappa shape index (κ2) is 67.2. The van der Waals surface area contributed by atoms with Crippen LogP contribution < -0.4 is 0 Å². The summed E-state index contributed by atoms with van der Waals surface area (Å²) in [6.45, 7) is 14.2. The Morgan fingerprint density at radius 1 is 0.289 bits per heavy atom. The summed E-state index contributed by atoms with van der Waals surface area (Å²) in [6.07, 6.45) is 52.7. The molecule has 0 aromatic carbocycles. The normalized spacial score (nSPS) is 14.6. The molecule has 0 fully saturated rings. The van der Waals surface area contributed by atoms with Gasteiger partial charge in [-0.15, -0.1) is 0 Å². The number of carbonyl (C=O) groups excluding carboxylic acids is 4. The standard InChI is InChI=1S/C78H152O17P2/c1-9-70(7)56-48-40-31-25-19-15-11-12-16-20-28-34-44-52-60-78(83)95-74(65-89-76(81)59-51-43-37-36-39-47-55-69(5)6)67-93-97(86,87)91-63-72(79)62-90-96(84,85)92-66-73(64-88-75(80)58-50-42-33-27-23-22-26-32-41-49-57-71(8)10-2)94-77(82)61-53-45-35-29-21-17-13-14-18-24-30-38-46-54-68(3)4/h68-74,79H,9-67H2,1-8H3,(H,84,85)(H,86,87)/t70?,71?,72-,73-,74-/m1/s1. The van der Waals surface area contributed by atoms with E-state index in [-0.39, 0.29) is 25.7 Å². The van der Waals surface area contributed by atoms with Crippen molar-refractivity contribution in [3.05, 3.63) is 0 Å².